The van der Waals surface area contributed by atoms with Crippen LogP contribution in [0.25, 0.3) is 11.3 Å². The molecule has 5 rings (SSSR count). The molecule has 1 N–H and O–H groups in total. The summed E-state index contributed by atoms with van der Waals surface area (Å²) in [7, 11) is 0. The van der Waals surface area contributed by atoms with E-state index in [0.717, 1.165) is 5.69 Å². The second-order valence-electron chi connectivity index (χ2n) is 8.05. The minimum Gasteiger partial charge on any atom is -0.459 e. The minimum absolute atomic E-state index is 0.0906. The number of piperazine rings is 1. The normalized spacial score (nSPS) is 13.7. The van der Waals surface area contributed by atoms with Gasteiger partial charge in [0.15, 0.2) is 11.5 Å². The van der Waals surface area contributed by atoms with Crippen LogP contribution in [0.1, 0.15) is 21.1 Å². The average Bonchev–Trinajstić information content (AvgIpc) is 3.57. The summed E-state index contributed by atoms with van der Waals surface area (Å²) in [4.78, 5) is 29.1. The van der Waals surface area contributed by atoms with Gasteiger partial charge < -0.3 is 24.0 Å². The van der Waals surface area contributed by atoms with E-state index in [1.807, 2.05) is 24.3 Å². The van der Waals surface area contributed by atoms with Crippen LogP contribution in [0.5, 0.6) is 0 Å². The van der Waals surface area contributed by atoms with Crippen LogP contribution in [0, 0.1) is 0 Å². The molecule has 1 saturated heterocycles. The number of hydrogen-bond donors (Lipinski definition) is 1. The third-order valence-electron chi connectivity index (χ3n) is 5.82. The summed E-state index contributed by atoms with van der Waals surface area (Å²) in [5.74, 6) is 0.564. The number of nitrogens with one attached hydrogen (secondary N) is 1. The van der Waals surface area contributed by atoms with Crippen molar-refractivity contribution < 1.29 is 18.4 Å². The van der Waals surface area contributed by atoms with Crippen molar-refractivity contribution in [2.24, 2.45) is 0 Å². The molecule has 2 aromatic heterocycles. The first kappa shape index (κ1) is 23.1. The van der Waals surface area contributed by atoms with Crippen LogP contribution in [0.15, 0.2) is 81.8 Å². The Balaban J connectivity index is 1.18. The number of furan rings is 2. The largest absolute Gasteiger partial charge is 0.459 e. The molecule has 2 amide bonds. The SMILES string of the molecule is O=C(Nc1ccc(N2CCN(C(=O)c3ccco3)CC2)cc1)c1ccc(-c2ccc(Cl)cc2Cl)o1. The number of nitrogens with zero attached hydrogens (tertiary/aromatic N) is 2. The molecule has 178 valence electrons. The lowest BCUT2D eigenvalue weighted by Gasteiger charge is -2.35. The summed E-state index contributed by atoms with van der Waals surface area (Å²) in [6.45, 7) is 2.63. The molecule has 0 saturated carbocycles. The van der Waals surface area contributed by atoms with Gasteiger partial charge in [-0.15, -0.1) is 0 Å². The highest BCUT2D eigenvalue weighted by molar-refractivity contribution is 6.36. The molecule has 3 heterocycles. The molecule has 4 aromatic rings. The molecule has 0 atom stereocenters. The van der Waals surface area contributed by atoms with E-state index in [1.165, 1.54) is 6.26 Å². The number of halogens is 2. The van der Waals surface area contributed by atoms with Gasteiger partial charge in [0.25, 0.3) is 11.8 Å². The molecule has 0 radical (unpaired) electrons. The first-order valence-electron chi connectivity index (χ1n) is 11.0. The smallest absolute Gasteiger partial charge is 0.291 e. The standard InChI is InChI=1S/C26H21Cl2N3O4/c27-17-3-8-20(21(28)16-17)22-9-10-23(35-22)25(32)29-18-4-6-19(7-5-18)30-11-13-31(14-12-30)26(33)24-2-1-15-34-24/h1-10,15-16H,11-14H2,(H,29,32). The summed E-state index contributed by atoms with van der Waals surface area (Å²) >= 11 is 12.2. The maximum atomic E-state index is 12.7. The first-order chi connectivity index (χ1) is 17.0. The zero-order valence-corrected chi connectivity index (χ0v) is 20.1. The second-order valence-corrected chi connectivity index (χ2v) is 8.89. The van der Waals surface area contributed by atoms with E-state index >= 15 is 0 Å². The summed E-state index contributed by atoms with van der Waals surface area (Å²) in [6, 6.07) is 19.3. The molecule has 0 unspecified atom stereocenters. The Morgan fingerprint density at radius 3 is 2.31 bits per heavy atom. The third-order valence-corrected chi connectivity index (χ3v) is 6.36. The quantitative estimate of drug-likeness (QED) is 0.353. The van der Waals surface area contributed by atoms with Gasteiger partial charge in [-0.2, -0.15) is 0 Å². The van der Waals surface area contributed by atoms with Crippen molar-refractivity contribution >= 4 is 46.4 Å². The van der Waals surface area contributed by atoms with Gasteiger partial charge in [-0.3, -0.25) is 9.59 Å². The number of carbonyl (C=O) groups is 2. The summed E-state index contributed by atoms with van der Waals surface area (Å²) < 4.78 is 10.9. The molecule has 7 nitrogen and oxygen atoms in total. The summed E-state index contributed by atoms with van der Waals surface area (Å²) in [5, 5.41) is 3.81. The van der Waals surface area contributed by atoms with Crippen LogP contribution < -0.4 is 10.2 Å². The van der Waals surface area contributed by atoms with E-state index < -0.39 is 0 Å². The second kappa shape index (κ2) is 9.90. The lowest BCUT2D eigenvalue weighted by Crippen LogP contribution is -2.48. The fourth-order valence-corrected chi connectivity index (χ4v) is 4.47. The van der Waals surface area contributed by atoms with Gasteiger partial charge in [-0.05, 0) is 66.7 Å². The van der Waals surface area contributed by atoms with Gasteiger partial charge in [0, 0.05) is 48.1 Å². The lowest BCUT2D eigenvalue weighted by molar-refractivity contribution is 0.0714. The van der Waals surface area contributed by atoms with E-state index in [9.17, 15) is 9.59 Å². The fourth-order valence-electron chi connectivity index (χ4n) is 3.97. The number of hydrogen-bond acceptors (Lipinski definition) is 5. The zero-order valence-electron chi connectivity index (χ0n) is 18.5. The molecular weight excluding hydrogens is 489 g/mol. The van der Waals surface area contributed by atoms with Crippen LogP contribution in [0.3, 0.4) is 0 Å². The Morgan fingerprint density at radius 1 is 0.857 bits per heavy atom. The summed E-state index contributed by atoms with van der Waals surface area (Å²) in [6.07, 6.45) is 1.50. The van der Waals surface area contributed by atoms with Crippen LogP contribution in [0.2, 0.25) is 10.0 Å². The van der Waals surface area contributed by atoms with Gasteiger partial charge in [-0.1, -0.05) is 23.2 Å². The number of amides is 2. The average molecular weight is 510 g/mol. The fraction of sp³-hybridized carbons (Fsp3) is 0.154. The maximum absolute atomic E-state index is 12.7. The van der Waals surface area contributed by atoms with Crippen molar-refractivity contribution in [3.63, 3.8) is 0 Å². The van der Waals surface area contributed by atoms with Gasteiger partial charge in [-0.25, -0.2) is 0 Å². The zero-order chi connectivity index (χ0) is 24.4. The minimum atomic E-state index is -0.362. The van der Waals surface area contributed by atoms with Gasteiger partial charge >= 0.3 is 0 Å². The Morgan fingerprint density at radius 2 is 1.63 bits per heavy atom. The third kappa shape index (κ3) is 5.06. The van der Waals surface area contributed by atoms with Crippen molar-refractivity contribution in [3.8, 4) is 11.3 Å². The molecule has 35 heavy (non-hydrogen) atoms. The van der Waals surface area contributed by atoms with Crippen molar-refractivity contribution in [1.29, 1.82) is 0 Å². The molecule has 1 aliphatic rings. The molecule has 1 aliphatic heterocycles. The Labute approximate surface area is 211 Å². The lowest BCUT2D eigenvalue weighted by atomic mass is 10.2. The number of carbonyl (C=O) groups excluding carboxylic acids is 2. The van der Waals surface area contributed by atoms with Gasteiger partial charge in [0.05, 0.1) is 11.3 Å². The van der Waals surface area contributed by atoms with Gasteiger partial charge in [0.2, 0.25) is 0 Å². The van der Waals surface area contributed by atoms with E-state index in [-0.39, 0.29) is 17.6 Å². The van der Waals surface area contributed by atoms with Crippen LogP contribution in [-0.4, -0.2) is 42.9 Å². The Bertz CT molecular complexity index is 1340. The predicted octanol–water partition coefficient (Wildman–Crippen LogP) is 6.06. The highest BCUT2D eigenvalue weighted by Crippen LogP contribution is 2.31. The van der Waals surface area contributed by atoms with Crippen molar-refractivity contribution in [2.75, 3.05) is 36.4 Å². The molecular formula is C26H21Cl2N3O4. The van der Waals surface area contributed by atoms with Crippen LogP contribution in [0.4, 0.5) is 11.4 Å². The molecule has 9 heteroatoms. The van der Waals surface area contributed by atoms with Crippen LogP contribution >= 0.6 is 23.2 Å². The summed E-state index contributed by atoms with van der Waals surface area (Å²) in [5.41, 5.74) is 2.32. The highest BCUT2D eigenvalue weighted by Gasteiger charge is 2.24. The van der Waals surface area contributed by atoms with E-state index in [4.69, 9.17) is 32.0 Å². The van der Waals surface area contributed by atoms with Crippen molar-refractivity contribution in [3.05, 3.63) is 94.6 Å². The Hall–Kier alpha value is -3.68. The monoisotopic (exact) mass is 509 g/mol. The van der Waals surface area contributed by atoms with E-state index in [1.54, 1.807) is 47.4 Å². The molecule has 2 aromatic carbocycles. The highest BCUT2D eigenvalue weighted by atomic mass is 35.5. The van der Waals surface area contributed by atoms with Crippen LogP contribution in [-0.2, 0) is 0 Å². The molecule has 0 aliphatic carbocycles. The molecule has 0 bridgehead atoms. The number of rotatable bonds is 5. The molecule has 0 spiro atoms. The molecule has 1 fully saturated rings. The van der Waals surface area contributed by atoms with Gasteiger partial charge in [0.1, 0.15) is 5.76 Å². The maximum Gasteiger partial charge on any atom is 0.291 e. The first-order valence-corrected chi connectivity index (χ1v) is 11.8. The topological polar surface area (TPSA) is 78.9 Å². The van der Waals surface area contributed by atoms with Crippen molar-refractivity contribution in [2.45, 2.75) is 0 Å². The number of anilines is 2. The van der Waals surface area contributed by atoms with Crippen molar-refractivity contribution in [1.82, 2.24) is 4.90 Å². The van der Waals surface area contributed by atoms with E-state index in [2.05, 4.69) is 10.2 Å². The van der Waals surface area contributed by atoms with E-state index in [0.29, 0.717) is 59.0 Å². The predicted molar refractivity (Wildman–Crippen MR) is 135 cm³/mol. The Kier molecular flexibility index (Phi) is 6.53. The number of benzene rings is 2.